The second-order valence-corrected chi connectivity index (χ2v) is 8.40. The lowest BCUT2D eigenvalue weighted by atomic mass is 10.1. The van der Waals surface area contributed by atoms with Gasteiger partial charge in [0.05, 0.1) is 40.6 Å². The monoisotopic (exact) mass is 415 g/mol. The van der Waals surface area contributed by atoms with E-state index in [0.29, 0.717) is 17.6 Å². The fraction of sp³-hybridized carbons (Fsp3) is 0.333. The fourth-order valence-corrected chi connectivity index (χ4v) is 4.48. The molecule has 2 aromatic carbocycles. The molecule has 0 aliphatic carbocycles. The lowest BCUT2D eigenvalue weighted by molar-refractivity contribution is -0.131. The Bertz CT molecular complexity index is 1300. The molecule has 1 amide bonds. The Morgan fingerprint density at radius 3 is 2.65 bits per heavy atom. The summed E-state index contributed by atoms with van der Waals surface area (Å²) in [5.74, 6) is 0.839. The zero-order chi connectivity index (χ0) is 21.5. The van der Waals surface area contributed by atoms with Gasteiger partial charge in [0.2, 0.25) is 5.91 Å². The zero-order valence-electron chi connectivity index (χ0n) is 17.7. The maximum atomic E-state index is 13.4. The van der Waals surface area contributed by atoms with Gasteiger partial charge in [-0.25, -0.2) is 9.67 Å². The van der Waals surface area contributed by atoms with Gasteiger partial charge in [0.1, 0.15) is 5.82 Å². The summed E-state index contributed by atoms with van der Waals surface area (Å²) in [5, 5.41) is 5.93. The number of carbonyl (C=O) groups excluding carboxylic acids is 1. The Balaban J connectivity index is 1.49. The molecule has 0 radical (unpaired) electrons. The van der Waals surface area contributed by atoms with Gasteiger partial charge in [0.25, 0.3) is 5.56 Å². The summed E-state index contributed by atoms with van der Waals surface area (Å²) in [7, 11) is 0. The molecule has 2 aromatic heterocycles. The van der Waals surface area contributed by atoms with Gasteiger partial charge in [0.15, 0.2) is 0 Å². The van der Waals surface area contributed by atoms with E-state index >= 15 is 0 Å². The molecule has 4 aromatic rings. The van der Waals surface area contributed by atoms with Crippen molar-refractivity contribution >= 4 is 27.7 Å². The topological polar surface area (TPSA) is 83.9 Å². The lowest BCUT2D eigenvalue weighted by Crippen LogP contribution is -2.34. The number of hydrogen-bond acceptors (Lipinski definition) is 4. The third-order valence-electron chi connectivity index (χ3n) is 6.01. The average Bonchev–Trinajstić information content (AvgIpc) is 3.42. The van der Waals surface area contributed by atoms with E-state index in [2.05, 4.69) is 10.1 Å². The first kappa shape index (κ1) is 19.5. The summed E-state index contributed by atoms with van der Waals surface area (Å²) in [4.78, 5) is 36.2. The van der Waals surface area contributed by atoms with Gasteiger partial charge in [-0.15, -0.1) is 0 Å². The molecule has 0 spiro atoms. The molecule has 1 aliphatic rings. The van der Waals surface area contributed by atoms with Crippen molar-refractivity contribution in [1.82, 2.24) is 24.6 Å². The average molecular weight is 415 g/mol. The standard InChI is InChI=1S/C24H25N5O2/c1-15(2)29-24(31)17-9-4-3-8-16(17)20(27-29)14-22(30)28-13-7-12-21(28)23-25-18-10-5-6-11-19(18)26-23/h3-6,8-11,15,21H,7,12-14H2,1-2H3,(H,25,26). The summed E-state index contributed by atoms with van der Waals surface area (Å²) < 4.78 is 1.48. The number of rotatable bonds is 4. The van der Waals surface area contributed by atoms with Crippen LogP contribution in [0.2, 0.25) is 0 Å². The maximum Gasteiger partial charge on any atom is 0.274 e. The Labute approximate surface area is 179 Å². The minimum atomic E-state index is -0.122. The summed E-state index contributed by atoms with van der Waals surface area (Å²) in [6.07, 6.45) is 1.97. The molecule has 1 aliphatic heterocycles. The number of para-hydroxylation sites is 2. The number of nitrogens with zero attached hydrogens (tertiary/aromatic N) is 4. The molecule has 1 unspecified atom stereocenters. The van der Waals surface area contributed by atoms with Crippen LogP contribution >= 0.6 is 0 Å². The Hall–Kier alpha value is -3.48. The summed E-state index contributed by atoms with van der Waals surface area (Å²) >= 11 is 0. The van der Waals surface area contributed by atoms with E-state index in [1.807, 2.05) is 61.2 Å². The summed E-state index contributed by atoms with van der Waals surface area (Å²) in [5.41, 5.74) is 2.41. The molecular formula is C24H25N5O2. The van der Waals surface area contributed by atoms with Crippen molar-refractivity contribution in [3.63, 3.8) is 0 Å². The first-order valence-corrected chi connectivity index (χ1v) is 10.8. The molecule has 5 rings (SSSR count). The van der Waals surface area contributed by atoms with Crippen molar-refractivity contribution in [2.24, 2.45) is 0 Å². The minimum Gasteiger partial charge on any atom is -0.340 e. The highest BCUT2D eigenvalue weighted by atomic mass is 16.2. The molecule has 1 saturated heterocycles. The number of hydrogen-bond donors (Lipinski definition) is 1. The molecule has 7 nitrogen and oxygen atoms in total. The number of amides is 1. The van der Waals surface area contributed by atoms with Crippen LogP contribution in [0.3, 0.4) is 0 Å². The molecule has 1 atom stereocenters. The number of likely N-dealkylation sites (tertiary alicyclic amines) is 1. The van der Waals surface area contributed by atoms with Crippen LogP contribution in [0.4, 0.5) is 0 Å². The molecule has 3 heterocycles. The lowest BCUT2D eigenvalue weighted by Gasteiger charge is -2.23. The number of fused-ring (bicyclic) bond motifs is 2. The van der Waals surface area contributed by atoms with Crippen molar-refractivity contribution in [3.8, 4) is 0 Å². The van der Waals surface area contributed by atoms with Crippen LogP contribution in [-0.4, -0.2) is 37.1 Å². The summed E-state index contributed by atoms with van der Waals surface area (Å²) in [6, 6.07) is 15.2. The van der Waals surface area contributed by atoms with Gasteiger partial charge < -0.3 is 9.88 Å². The van der Waals surface area contributed by atoms with Crippen molar-refractivity contribution in [2.75, 3.05) is 6.54 Å². The van der Waals surface area contributed by atoms with Gasteiger partial charge in [-0.1, -0.05) is 30.3 Å². The molecule has 0 bridgehead atoms. The highest BCUT2D eigenvalue weighted by Gasteiger charge is 2.32. The van der Waals surface area contributed by atoms with Crippen LogP contribution in [0.5, 0.6) is 0 Å². The van der Waals surface area contributed by atoms with Crippen molar-refractivity contribution in [2.45, 2.75) is 45.2 Å². The number of benzene rings is 2. The largest absolute Gasteiger partial charge is 0.340 e. The van der Waals surface area contributed by atoms with E-state index in [0.717, 1.165) is 35.1 Å². The number of aromatic amines is 1. The van der Waals surface area contributed by atoms with Crippen LogP contribution in [0.25, 0.3) is 21.8 Å². The second kappa shape index (κ2) is 7.65. The predicted octanol–water partition coefficient (Wildman–Crippen LogP) is 3.76. The molecule has 31 heavy (non-hydrogen) atoms. The third-order valence-corrected chi connectivity index (χ3v) is 6.01. The second-order valence-electron chi connectivity index (χ2n) is 8.40. The van der Waals surface area contributed by atoms with E-state index in [-0.39, 0.29) is 30.0 Å². The van der Waals surface area contributed by atoms with Gasteiger partial charge >= 0.3 is 0 Å². The van der Waals surface area contributed by atoms with E-state index in [4.69, 9.17) is 4.98 Å². The van der Waals surface area contributed by atoms with Gasteiger partial charge in [-0.2, -0.15) is 5.10 Å². The van der Waals surface area contributed by atoms with Gasteiger partial charge in [0, 0.05) is 11.9 Å². The van der Waals surface area contributed by atoms with Gasteiger partial charge in [-0.05, 0) is 44.9 Å². The Morgan fingerprint density at radius 2 is 1.87 bits per heavy atom. The van der Waals surface area contributed by atoms with E-state index in [1.54, 1.807) is 6.07 Å². The fourth-order valence-electron chi connectivity index (χ4n) is 4.48. The first-order chi connectivity index (χ1) is 15.0. The molecule has 7 heteroatoms. The van der Waals surface area contributed by atoms with Crippen LogP contribution in [0, 0.1) is 0 Å². The van der Waals surface area contributed by atoms with E-state index in [1.165, 1.54) is 4.68 Å². The van der Waals surface area contributed by atoms with Crippen LogP contribution < -0.4 is 5.56 Å². The highest BCUT2D eigenvalue weighted by Crippen LogP contribution is 2.32. The Morgan fingerprint density at radius 1 is 1.13 bits per heavy atom. The van der Waals surface area contributed by atoms with Crippen molar-refractivity contribution in [1.29, 1.82) is 0 Å². The van der Waals surface area contributed by atoms with Crippen molar-refractivity contribution in [3.05, 3.63) is 70.4 Å². The highest BCUT2D eigenvalue weighted by molar-refractivity contribution is 5.88. The van der Waals surface area contributed by atoms with Crippen LogP contribution in [0.1, 0.15) is 50.3 Å². The number of H-pyrrole nitrogens is 1. The third kappa shape index (κ3) is 3.40. The zero-order valence-corrected chi connectivity index (χ0v) is 17.7. The maximum absolute atomic E-state index is 13.4. The minimum absolute atomic E-state index is 0.00886. The number of aromatic nitrogens is 4. The van der Waals surface area contributed by atoms with Crippen LogP contribution in [0.15, 0.2) is 53.3 Å². The van der Waals surface area contributed by atoms with E-state index < -0.39 is 0 Å². The smallest absolute Gasteiger partial charge is 0.274 e. The SMILES string of the molecule is CC(C)n1nc(CC(=O)N2CCCC2c2nc3ccccc3[nH]2)c2ccccc2c1=O. The van der Waals surface area contributed by atoms with Crippen molar-refractivity contribution < 1.29 is 4.79 Å². The predicted molar refractivity (Wildman–Crippen MR) is 120 cm³/mol. The number of imidazole rings is 1. The first-order valence-electron chi connectivity index (χ1n) is 10.8. The molecule has 158 valence electrons. The molecule has 1 fully saturated rings. The molecule has 1 N–H and O–H groups in total. The quantitative estimate of drug-likeness (QED) is 0.550. The Kier molecular flexibility index (Phi) is 4.81. The van der Waals surface area contributed by atoms with E-state index in [9.17, 15) is 9.59 Å². The van der Waals surface area contributed by atoms with Gasteiger partial charge in [-0.3, -0.25) is 9.59 Å². The number of nitrogens with one attached hydrogen (secondary N) is 1. The number of carbonyl (C=O) groups is 1. The normalized spacial score (nSPS) is 16.6. The molecular weight excluding hydrogens is 390 g/mol. The van der Waals surface area contributed by atoms with Crippen LogP contribution in [-0.2, 0) is 11.2 Å². The summed E-state index contributed by atoms with van der Waals surface area (Å²) in [6.45, 7) is 4.54. The molecule has 0 saturated carbocycles.